The number of halogens is 2. The molecule has 0 saturated carbocycles. The molecule has 0 spiro atoms. The summed E-state index contributed by atoms with van der Waals surface area (Å²) in [5.74, 6) is 1.37. The lowest BCUT2D eigenvalue weighted by Crippen LogP contribution is -2.31. The van der Waals surface area contributed by atoms with Gasteiger partial charge in [-0.05, 0) is 53.1 Å². The molecular weight excluding hydrogens is 425 g/mol. The summed E-state index contributed by atoms with van der Waals surface area (Å²) in [6.45, 7) is 0.327. The summed E-state index contributed by atoms with van der Waals surface area (Å²) in [5, 5.41) is 16.3. The maximum Gasteiger partial charge on any atom is 0.248 e. The Morgan fingerprint density at radius 2 is 1.97 bits per heavy atom. The van der Waals surface area contributed by atoms with E-state index in [0.29, 0.717) is 34.8 Å². The Bertz CT molecular complexity index is 1160. The Morgan fingerprint density at radius 3 is 2.77 bits per heavy atom. The second-order valence-corrected chi connectivity index (χ2v) is 8.08. The number of ether oxygens (including phenoxy) is 1. The average Bonchev–Trinajstić information content (AvgIpc) is 3.20. The first-order valence-corrected chi connectivity index (χ1v) is 10.3. The largest absolute Gasteiger partial charge is 0.489 e. The molecule has 9 heteroatoms. The Hall–Kier alpha value is -2.90. The van der Waals surface area contributed by atoms with Crippen molar-refractivity contribution in [2.75, 3.05) is 5.32 Å². The average molecular weight is 442 g/mol. The number of ketones is 1. The number of anilines is 1. The van der Waals surface area contributed by atoms with Gasteiger partial charge in [0.15, 0.2) is 5.78 Å². The standard InChI is InChI=1S/C21H17Cl2N5O2/c22-14-7-4-13(16(23)10-14)11-30-15-8-5-12(6-9-15)20-19-17(2-1-3-18(19)29)24-21-25-26-27-28(20)21/h4-10,20H,1-3,11H2,(H,24,25,27). The summed E-state index contributed by atoms with van der Waals surface area (Å²) >= 11 is 12.1. The van der Waals surface area contributed by atoms with Crippen molar-refractivity contribution in [2.24, 2.45) is 0 Å². The summed E-state index contributed by atoms with van der Waals surface area (Å²) in [6.07, 6.45) is 2.18. The van der Waals surface area contributed by atoms with Gasteiger partial charge in [-0.3, -0.25) is 4.79 Å². The number of aromatic nitrogens is 4. The summed E-state index contributed by atoms with van der Waals surface area (Å²) in [4.78, 5) is 12.7. The van der Waals surface area contributed by atoms with E-state index in [-0.39, 0.29) is 11.8 Å². The second-order valence-electron chi connectivity index (χ2n) is 7.24. The van der Waals surface area contributed by atoms with Gasteiger partial charge in [0.2, 0.25) is 5.95 Å². The molecule has 0 saturated heterocycles. The number of rotatable bonds is 4. The highest BCUT2D eigenvalue weighted by molar-refractivity contribution is 6.35. The molecule has 0 amide bonds. The summed E-state index contributed by atoms with van der Waals surface area (Å²) in [5.41, 5.74) is 3.42. The molecule has 2 heterocycles. The van der Waals surface area contributed by atoms with Gasteiger partial charge in [0.1, 0.15) is 18.4 Å². The van der Waals surface area contributed by atoms with Crippen molar-refractivity contribution in [3.63, 3.8) is 0 Å². The van der Waals surface area contributed by atoms with Crippen LogP contribution in [0.5, 0.6) is 5.75 Å². The van der Waals surface area contributed by atoms with Crippen molar-refractivity contribution in [2.45, 2.75) is 31.9 Å². The summed E-state index contributed by atoms with van der Waals surface area (Å²) in [6, 6.07) is 12.6. The summed E-state index contributed by atoms with van der Waals surface area (Å²) in [7, 11) is 0. The van der Waals surface area contributed by atoms with Gasteiger partial charge in [-0.15, -0.1) is 0 Å². The molecule has 0 fully saturated rings. The monoisotopic (exact) mass is 441 g/mol. The lowest BCUT2D eigenvalue weighted by molar-refractivity contribution is -0.116. The molecular formula is C21H17Cl2N5O2. The number of hydrogen-bond acceptors (Lipinski definition) is 6. The number of allylic oxidation sites excluding steroid dienone is 2. The van der Waals surface area contributed by atoms with Gasteiger partial charge in [0, 0.05) is 33.3 Å². The number of fused-ring (bicyclic) bond motifs is 1. The van der Waals surface area contributed by atoms with E-state index in [9.17, 15) is 4.79 Å². The predicted octanol–water partition coefficient (Wildman–Crippen LogP) is 4.58. The molecule has 5 rings (SSSR count). The Balaban J connectivity index is 1.41. The van der Waals surface area contributed by atoms with Crippen LogP contribution in [0.2, 0.25) is 10.0 Å². The quantitative estimate of drug-likeness (QED) is 0.637. The van der Waals surface area contributed by atoms with Gasteiger partial charge in [0.05, 0.1) is 0 Å². The normalized spacial score (nSPS) is 17.9. The first-order chi connectivity index (χ1) is 14.6. The van der Waals surface area contributed by atoms with E-state index in [1.54, 1.807) is 16.8 Å². The maximum atomic E-state index is 12.7. The molecule has 1 N–H and O–H groups in total. The van der Waals surface area contributed by atoms with E-state index in [4.69, 9.17) is 27.9 Å². The van der Waals surface area contributed by atoms with E-state index in [1.165, 1.54) is 0 Å². The summed E-state index contributed by atoms with van der Waals surface area (Å²) < 4.78 is 7.53. The van der Waals surface area contributed by atoms with Gasteiger partial charge in [-0.2, -0.15) is 4.68 Å². The van der Waals surface area contributed by atoms with Crippen LogP contribution in [0, 0.1) is 0 Å². The minimum absolute atomic E-state index is 0.132. The van der Waals surface area contributed by atoms with E-state index in [1.807, 2.05) is 30.3 Å². The highest BCUT2D eigenvalue weighted by Crippen LogP contribution is 2.39. The zero-order valence-electron chi connectivity index (χ0n) is 15.8. The molecule has 2 aliphatic rings. The maximum absolute atomic E-state index is 12.7. The second kappa shape index (κ2) is 7.74. The van der Waals surface area contributed by atoms with Crippen LogP contribution < -0.4 is 10.1 Å². The molecule has 2 aromatic carbocycles. The molecule has 3 aromatic rings. The Morgan fingerprint density at radius 1 is 1.13 bits per heavy atom. The van der Waals surface area contributed by atoms with Crippen molar-refractivity contribution in [3.05, 3.63) is 74.9 Å². The SMILES string of the molecule is O=C1CCCC2=C1C(c1ccc(OCc3ccc(Cl)cc3Cl)cc1)n1nnnc1N2. The molecule has 7 nitrogen and oxygen atoms in total. The van der Waals surface area contributed by atoms with Gasteiger partial charge >= 0.3 is 0 Å². The number of hydrogen-bond donors (Lipinski definition) is 1. The van der Waals surface area contributed by atoms with Crippen LogP contribution in [-0.4, -0.2) is 26.0 Å². The fourth-order valence-corrected chi connectivity index (χ4v) is 4.33. The number of carbonyl (C=O) groups excluding carboxylic acids is 1. The number of benzene rings is 2. The van der Waals surface area contributed by atoms with Crippen LogP contribution in [0.25, 0.3) is 0 Å². The Labute approximate surface area is 182 Å². The highest BCUT2D eigenvalue weighted by atomic mass is 35.5. The molecule has 0 bridgehead atoms. The van der Waals surface area contributed by atoms with E-state index in [2.05, 4.69) is 20.8 Å². The van der Waals surface area contributed by atoms with E-state index >= 15 is 0 Å². The number of Topliss-reactive ketones (excluding diaryl/α,β-unsaturated/α-hetero) is 1. The topological polar surface area (TPSA) is 81.9 Å². The van der Waals surface area contributed by atoms with Gasteiger partial charge in [0.25, 0.3) is 0 Å². The zero-order chi connectivity index (χ0) is 20.7. The van der Waals surface area contributed by atoms with Gasteiger partial charge in [-0.25, -0.2) is 0 Å². The van der Waals surface area contributed by atoms with Crippen molar-refractivity contribution in [3.8, 4) is 5.75 Å². The lowest BCUT2D eigenvalue weighted by Gasteiger charge is -2.31. The Kier molecular flexibility index (Phi) is 4.92. The minimum Gasteiger partial charge on any atom is -0.489 e. The van der Waals surface area contributed by atoms with Crippen LogP contribution in [0.3, 0.4) is 0 Å². The number of nitrogens with zero attached hydrogens (tertiary/aromatic N) is 4. The molecule has 1 unspecified atom stereocenters. The van der Waals surface area contributed by atoms with Crippen LogP contribution in [0.4, 0.5) is 5.95 Å². The molecule has 0 radical (unpaired) electrons. The first-order valence-electron chi connectivity index (χ1n) is 9.58. The number of tetrazole rings is 1. The molecule has 1 aliphatic heterocycles. The fraction of sp³-hybridized carbons (Fsp3) is 0.238. The van der Waals surface area contributed by atoms with Crippen molar-refractivity contribution < 1.29 is 9.53 Å². The zero-order valence-corrected chi connectivity index (χ0v) is 17.3. The first kappa shape index (κ1) is 19.1. The van der Waals surface area contributed by atoms with Crippen LogP contribution >= 0.6 is 23.2 Å². The van der Waals surface area contributed by atoms with Gasteiger partial charge < -0.3 is 10.1 Å². The van der Waals surface area contributed by atoms with Crippen molar-refractivity contribution in [1.82, 2.24) is 20.2 Å². The molecule has 30 heavy (non-hydrogen) atoms. The predicted molar refractivity (Wildman–Crippen MR) is 113 cm³/mol. The minimum atomic E-state index is -0.348. The lowest BCUT2D eigenvalue weighted by atomic mass is 9.85. The molecule has 1 atom stereocenters. The molecule has 152 valence electrons. The van der Waals surface area contributed by atoms with Crippen molar-refractivity contribution >= 4 is 34.9 Å². The third-order valence-electron chi connectivity index (χ3n) is 5.33. The number of carbonyl (C=O) groups is 1. The third-order valence-corrected chi connectivity index (χ3v) is 5.92. The van der Waals surface area contributed by atoms with Crippen molar-refractivity contribution in [1.29, 1.82) is 0 Å². The van der Waals surface area contributed by atoms with Crippen LogP contribution in [-0.2, 0) is 11.4 Å². The number of nitrogens with one attached hydrogen (secondary N) is 1. The highest BCUT2D eigenvalue weighted by Gasteiger charge is 2.36. The molecule has 1 aliphatic carbocycles. The van der Waals surface area contributed by atoms with E-state index in [0.717, 1.165) is 35.2 Å². The smallest absolute Gasteiger partial charge is 0.248 e. The molecule has 1 aromatic heterocycles. The van der Waals surface area contributed by atoms with E-state index < -0.39 is 0 Å². The van der Waals surface area contributed by atoms with Gasteiger partial charge in [-0.1, -0.05) is 46.5 Å². The van der Waals surface area contributed by atoms with Crippen LogP contribution in [0.15, 0.2) is 53.7 Å². The third kappa shape index (κ3) is 3.44. The van der Waals surface area contributed by atoms with Crippen LogP contribution in [0.1, 0.15) is 36.4 Å². The fourth-order valence-electron chi connectivity index (χ4n) is 3.87.